The number of halogens is 1. The summed E-state index contributed by atoms with van der Waals surface area (Å²) in [6.07, 6.45) is 0. The second-order valence-electron chi connectivity index (χ2n) is 6.51. The van der Waals surface area contributed by atoms with Crippen molar-refractivity contribution in [3.05, 3.63) is 40.8 Å². The van der Waals surface area contributed by atoms with E-state index in [1.54, 1.807) is 23.5 Å². The zero-order valence-electron chi connectivity index (χ0n) is 14.1. The molecule has 0 aliphatic heterocycles. The molecule has 6 heteroatoms. The van der Waals surface area contributed by atoms with Gasteiger partial charge in [0.2, 0.25) is 0 Å². The van der Waals surface area contributed by atoms with Crippen LogP contribution >= 0.6 is 11.3 Å². The third-order valence-corrected chi connectivity index (χ3v) is 4.82. The molecule has 0 atom stereocenters. The van der Waals surface area contributed by atoms with Crippen molar-refractivity contribution in [2.45, 2.75) is 33.2 Å². The van der Waals surface area contributed by atoms with E-state index >= 15 is 0 Å². The van der Waals surface area contributed by atoms with E-state index in [1.807, 2.05) is 27.7 Å². The number of aliphatic hydroxyl groups is 1. The molecule has 2 N–H and O–H groups in total. The van der Waals surface area contributed by atoms with Gasteiger partial charge in [-0.1, -0.05) is 12.1 Å². The second-order valence-corrected chi connectivity index (χ2v) is 7.71. The molecule has 0 radical (unpaired) electrons. The molecular weight excluding hydrogens is 325 g/mol. The summed E-state index contributed by atoms with van der Waals surface area (Å²) in [4.78, 5) is 11.1. The summed E-state index contributed by atoms with van der Waals surface area (Å²) in [7, 11) is 0. The lowest BCUT2D eigenvalue weighted by molar-refractivity contribution is 0.234. The highest BCUT2D eigenvalue weighted by molar-refractivity contribution is 7.19. The van der Waals surface area contributed by atoms with Gasteiger partial charge in [0.1, 0.15) is 22.3 Å². The van der Waals surface area contributed by atoms with E-state index in [9.17, 15) is 9.50 Å². The molecular formula is C18H20FN3OS. The maximum absolute atomic E-state index is 13.3. The number of nitrogens with one attached hydrogen (secondary N) is 1. The summed E-state index contributed by atoms with van der Waals surface area (Å²) in [5.74, 6) is 1.11. The van der Waals surface area contributed by atoms with Crippen LogP contribution in [-0.2, 0) is 0 Å². The Balaban J connectivity index is 2.26. The van der Waals surface area contributed by atoms with Gasteiger partial charge < -0.3 is 10.4 Å². The first-order chi connectivity index (χ1) is 11.3. The molecule has 0 fully saturated rings. The lowest BCUT2D eigenvalue weighted by Crippen LogP contribution is -2.35. The predicted octanol–water partition coefficient (Wildman–Crippen LogP) is 4.30. The van der Waals surface area contributed by atoms with Crippen molar-refractivity contribution in [2.75, 3.05) is 11.9 Å². The summed E-state index contributed by atoms with van der Waals surface area (Å²) >= 11 is 1.59. The minimum absolute atomic E-state index is 0.0213. The van der Waals surface area contributed by atoms with Crippen LogP contribution < -0.4 is 5.32 Å². The number of nitrogens with zero attached hydrogens (tertiary/aromatic N) is 2. The minimum atomic E-state index is -0.510. The van der Waals surface area contributed by atoms with Gasteiger partial charge in [0.15, 0.2) is 0 Å². The van der Waals surface area contributed by atoms with E-state index in [-0.39, 0.29) is 12.4 Å². The number of fused-ring (bicyclic) bond motifs is 1. The van der Waals surface area contributed by atoms with Crippen molar-refractivity contribution in [3.8, 4) is 11.1 Å². The van der Waals surface area contributed by atoms with Gasteiger partial charge in [-0.2, -0.15) is 0 Å². The van der Waals surface area contributed by atoms with Crippen LogP contribution in [0, 0.1) is 19.7 Å². The minimum Gasteiger partial charge on any atom is -0.394 e. The molecule has 0 aliphatic rings. The van der Waals surface area contributed by atoms with Crippen LogP contribution in [0.3, 0.4) is 0 Å². The molecule has 1 aromatic carbocycles. The van der Waals surface area contributed by atoms with Gasteiger partial charge in [-0.15, -0.1) is 11.3 Å². The van der Waals surface area contributed by atoms with E-state index in [0.717, 1.165) is 26.2 Å². The molecule has 24 heavy (non-hydrogen) atoms. The number of hydrogen-bond acceptors (Lipinski definition) is 5. The third kappa shape index (κ3) is 3.12. The van der Waals surface area contributed by atoms with Crippen molar-refractivity contribution < 1.29 is 9.50 Å². The topological polar surface area (TPSA) is 58.0 Å². The zero-order chi connectivity index (χ0) is 17.5. The average Bonchev–Trinajstić information content (AvgIpc) is 2.84. The van der Waals surface area contributed by atoms with Crippen LogP contribution in [0.4, 0.5) is 10.2 Å². The fraction of sp³-hybridized carbons (Fsp3) is 0.333. The highest BCUT2D eigenvalue weighted by Gasteiger charge is 2.22. The predicted molar refractivity (Wildman–Crippen MR) is 97.1 cm³/mol. The molecule has 126 valence electrons. The summed E-state index contributed by atoms with van der Waals surface area (Å²) < 4.78 is 13.3. The van der Waals surface area contributed by atoms with Gasteiger partial charge in [-0.05, 0) is 45.4 Å². The van der Waals surface area contributed by atoms with Crippen LogP contribution in [0.2, 0.25) is 0 Å². The maximum Gasteiger partial charge on any atom is 0.139 e. The molecule has 0 amide bonds. The molecule has 0 saturated carbocycles. The molecule has 0 unspecified atom stereocenters. The van der Waals surface area contributed by atoms with E-state index in [0.29, 0.717) is 11.6 Å². The Morgan fingerprint density at radius 1 is 1.17 bits per heavy atom. The first-order valence-corrected chi connectivity index (χ1v) is 8.55. The van der Waals surface area contributed by atoms with E-state index in [2.05, 4.69) is 15.3 Å². The second kappa shape index (κ2) is 6.11. The Kier molecular flexibility index (Phi) is 4.27. The van der Waals surface area contributed by atoms with Gasteiger partial charge in [0, 0.05) is 10.4 Å². The van der Waals surface area contributed by atoms with Crippen molar-refractivity contribution in [3.63, 3.8) is 0 Å². The number of aryl methyl sites for hydroxylation is 2. The van der Waals surface area contributed by atoms with E-state index in [4.69, 9.17) is 0 Å². The molecule has 0 aliphatic carbocycles. The van der Waals surface area contributed by atoms with Gasteiger partial charge in [-0.25, -0.2) is 14.4 Å². The van der Waals surface area contributed by atoms with Gasteiger partial charge >= 0.3 is 0 Å². The Labute approximate surface area is 144 Å². The largest absolute Gasteiger partial charge is 0.394 e. The highest BCUT2D eigenvalue weighted by Crippen LogP contribution is 2.41. The van der Waals surface area contributed by atoms with Crippen molar-refractivity contribution in [1.29, 1.82) is 0 Å². The van der Waals surface area contributed by atoms with Crippen LogP contribution in [0.5, 0.6) is 0 Å². The lowest BCUT2D eigenvalue weighted by atomic mass is 10.0. The quantitative estimate of drug-likeness (QED) is 0.740. The average molecular weight is 345 g/mol. The highest BCUT2D eigenvalue weighted by atomic mass is 32.1. The Bertz CT molecular complexity index is 887. The fourth-order valence-corrected chi connectivity index (χ4v) is 3.72. The summed E-state index contributed by atoms with van der Waals surface area (Å²) in [6, 6.07) is 6.45. The third-order valence-electron chi connectivity index (χ3n) is 3.82. The van der Waals surface area contributed by atoms with Crippen molar-refractivity contribution >= 4 is 27.4 Å². The number of aliphatic hydroxyl groups excluding tert-OH is 1. The number of anilines is 1. The molecule has 0 bridgehead atoms. The number of rotatable bonds is 4. The van der Waals surface area contributed by atoms with Gasteiger partial charge in [-0.3, -0.25) is 0 Å². The van der Waals surface area contributed by atoms with Crippen molar-refractivity contribution in [2.24, 2.45) is 0 Å². The number of thiophene rings is 1. The molecule has 3 rings (SSSR count). The standard InChI is InChI=1S/C18H20FN3OS/c1-10-14(12-5-7-13(19)8-6-12)15-16(22-18(3,4)9-23)20-11(2)21-17(15)24-10/h5-8,23H,9H2,1-4H3,(H,20,21,22). The normalized spacial score (nSPS) is 11.9. The molecule has 2 heterocycles. The smallest absolute Gasteiger partial charge is 0.139 e. The molecule has 0 saturated heterocycles. The van der Waals surface area contributed by atoms with E-state index in [1.165, 1.54) is 12.1 Å². The first kappa shape index (κ1) is 16.8. The summed E-state index contributed by atoms with van der Waals surface area (Å²) in [6.45, 7) is 7.68. The van der Waals surface area contributed by atoms with Crippen LogP contribution in [0.25, 0.3) is 21.3 Å². The van der Waals surface area contributed by atoms with Crippen LogP contribution in [0.1, 0.15) is 24.5 Å². The first-order valence-electron chi connectivity index (χ1n) is 7.73. The van der Waals surface area contributed by atoms with Crippen LogP contribution in [-0.4, -0.2) is 27.2 Å². The summed E-state index contributed by atoms with van der Waals surface area (Å²) in [5, 5.41) is 13.8. The maximum atomic E-state index is 13.3. The molecule has 2 aromatic heterocycles. The zero-order valence-corrected chi connectivity index (χ0v) is 15.0. The monoisotopic (exact) mass is 345 g/mol. The van der Waals surface area contributed by atoms with Crippen LogP contribution in [0.15, 0.2) is 24.3 Å². The lowest BCUT2D eigenvalue weighted by Gasteiger charge is -2.25. The van der Waals surface area contributed by atoms with Gasteiger partial charge in [0.05, 0.1) is 17.5 Å². The number of hydrogen-bond donors (Lipinski definition) is 2. The Morgan fingerprint density at radius 3 is 2.46 bits per heavy atom. The number of aromatic nitrogens is 2. The molecule has 0 spiro atoms. The Hall–Kier alpha value is -2.05. The molecule has 4 nitrogen and oxygen atoms in total. The van der Waals surface area contributed by atoms with Crippen molar-refractivity contribution in [1.82, 2.24) is 9.97 Å². The Morgan fingerprint density at radius 2 is 1.83 bits per heavy atom. The fourth-order valence-electron chi connectivity index (χ4n) is 2.63. The van der Waals surface area contributed by atoms with Gasteiger partial charge in [0.25, 0.3) is 0 Å². The number of benzene rings is 1. The van der Waals surface area contributed by atoms with E-state index < -0.39 is 5.54 Å². The summed E-state index contributed by atoms with van der Waals surface area (Å²) in [5.41, 5.74) is 1.42. The SMILES string of the molecule is Cc1nc(NC(C)(C)CO)c2c(-c3ccc(F)cc3)c(C)sc2n1. The molecule has 3 aromatic rings.